The largest absolute Gasteiger partial charge is 0.327 e. The third-order valence-electron chi connectivity index (χ3n) is 7.62. The first-order chi connectivity index (χ1) is 18.5. The number of hydrogen-bond donors (Lipinski definition) is 0. The van der Waals surface area contributed by atoms with Gasteiger partial charge in [0, 0.05) is 37.6 Å². The van der Waals surface area contributed by atoms with Gasteiger partial charge < -0.3 is 9.47 Å². The highest BCUT2D eigenvalue weighted by atomic mass is 32.2. The molecule has 1 aromatic heterocycles. The van der Waals surface area contributed by atoms with E-state index in [1.165, 1.54) is 18.6 Å². The third kappa shape index (κ3) is 6.23. The molecule has 10 heteroatoms. The van der Waals surface area contributed by atoms with Crippen LogP contribution in [-0.2, 0) is 19.7 Å². The molecule has 2 heterocycles. The number of halogens is 1. The first-order valence-corrected chi connectivity index (χ1v) is 16.7. The van der Waals surface area contributed by atoms with E-state index in [0.29, 0.717) is 5.52 Å². The van der Waals surface area contributed by atoms with Crippen LogP contribution in [0.5, 0.6) is 0 Å². The average Bonchev–Trinajstić information content (AvgIpc) is 3.32. The number of imidazole rings is 1. The summed E-state index contributed by atoms with van der Waals surface area (Å²) >= 11 is 0. The first-order valence-electron chi connectivity index (χ1n) is 12.9. The maximum absolute atomic E-state index is 14.1. The van der Waals surface area contributed by atoms with Gasteiger partial charge in [-0.2, -0.15) is 0 Å². The number of benzene rings is 3. The Kier molecular flexibility index (Phi) is 7.63. The van der Waals surface area contributed by atoms with Gasteiger partial charge in [0.2, 0.25) is 0 Å². The van der Waals surface area contributed by atoms with E-state index in [2.05, 4.69) is 14.5 Å². The Labute approximate surface area is 229 Å². The van der Waals surface area contributed by atoms with Crippen LogP contribution in [0.25, 0.3) is 11.0 Å². The lowest BCUT2D eigenvalue weighted by Crippen LogP contribution is -2.35. The van der Waals surface area contributed by atoms with E-state index >= 15 is 0 Å². The number of sulfone groups is 2. The van der Waals surface area contributed by atoms with E-state index in [9.17, 15) is 21.2 Å². The molecule has 1 saturated heterocycles. The standard InChI is InChI=1S/C29H32FN3O4S2/c1-38(34,35)25-8-6-21(7-9-25)27(22-4-3-5-23(30)18-22)14-17-32-15-12-24(13-16-32)33-20-31-28-19-26(39(2,36)37)10-11-29(28)33/h3-11,18-20,24,27H,12-17H2,1-2H3. The Morgan fingerprint density at radius 1 is 0.872 bits per heavy atom. The molecule has 39 heavy (non-hydrogen) atoms. The van der Waals surface area contributed by atoms with Crippen LogP contribution in [0.2, 0.25) is 0 Å². The van der Waals surface area contributed by atoms with Crippen molar-refractivity contribution in [2.45, 2.75) is 41.0 Å². The fraction of sp³-hybridized carbons (Fsp3) is 0.345. The average molecular weight is 570 g/mol. The third-order valence-corrected chi connectivity index (χ3v) is 9.86. The van der Waals surface area contributed by atoms with Gasteiger partial charge in [-0.1, -0.05) is 24.3 Å². The maximum atomic E-state index is 14.1. The van der Waals surface area contributed by atoms with Crippen molar-refractivity contribution in [3.05, 3.63) is 90.0 Å². The number of nitrogens with zero attached hydrogens (tertiary/aromatic N) is 3. The van der Waals surface area contributed by atoms with Gasteiger partial charge in [0.05, 0.1) is 27.2 Å². The maximum Gasteiger partial charge on any atom is 0.175 e. The van der Waals surface area contributed by atoms with Gasteiger partial charge in [-0.05, 0) is 79.4 Å². The van der Waals surface area contributed by atoms with Gasteiger partial charge in [-0.15, -0.1) is 0 Å². The molecule has 0 radical (unpaired) electrons. The monoisotopic (exact) mass is 569 g/mol. The van der Waals surface area contributed by atoms with E-state index < -0.39 is 19.7 Å². The van der Waals surface area contributed by atoms with Crippen molar-refractivity contribution < 1.29 is 21.2 Å². The molecule has 206 valence electrons. The second-order valence-electron chi connectivity index (χ2n) is 10.4. The van der Waals surface area contributed by atoms with Crippen molar-refractivity contribution >= 4 is 30.7 Å². The molecule has 0 amide bonds. The minimum absolute atomic E-state index is 0.0614. The summed E-state index contributed by atoms with van der Waals surface area (Å²) in [5.74, 6) is -0.351. The van der Waals surface area contributed by atoms with Crippen LogP contribution < -0.4 is 0 Å². The topological polar surface area (TPSA) is 89.3 Å². The van der Waals surface area contributed by atoms with Crippen LogP contribution >= 0.6 is 0 Å². The molecule has 0 spiro atoms. The van der Waals surface area contributed by atoms with E-state index in [4.69, 9.17) is 0 Å². The molecule has 0 bridgehead atoms. The molecule has 4 aromatic rings. The van der Waals surface area contributed by atoms with Gasteiger partial charge in [0.15, 0.2) is 19.7 Å². The van der Waals surface area contributed by atoms with Gasteiger partial charge in [0.25, 0.3) is 0 Å². The summed E-state index contributed by atoms with van der Waals surface area (Å²) < 4.78 is 63.9. The van der Waals surface area contributed by atoms with Crippen molar-refractivity contribution in [3.63, 3.8) is 0 Å². The zero-order valence-electron chi connectivity index (χ0n) is 22.0. The quantitative estimate of drug-likeness (QED) is 0.302. The van der Waals surface area contributed by atoms with Crippen LogP contribution in [0.15, 0.2) is 82.8 Å². The van der Waals surface area contributed by atoms with Crippen LogP contribution in [0, 0.1) is 5.82 Å². The molecule has 0 aliphatic carbocycles. The Morgan fingerprint density at radius 3 is 2.18 bits per heavy atom. The Morgan fingerprint density at radius 2 is 1.54 bits per heavy atom. The Bertz CT molecular complexity index is 1690. The normalized spacial score (nSPS) is 16.5. The predicted octanol–water partition coefficient (Wildman–Crippen LogP) is 4.84. The lowest BCUT2D eigenvalue weighted by atomic mass is 9.88. The summed E-state index contributed by atoms with van der Waals surface area (Å²) in [6.45, 7) is 2.62. The molecule has 1 fully saturated rings. The van der Waals surface area contributed by atoms with Crippen molar-refractivity contribution in [3.8, 4) is 0 Å². The van der Waals surface area contributed by atoms with Gasteiger partial charge in [-0.25, -0.2) is 26.2 Å². The van der Waals surface area contributed by atoms with Gasteiger partial charge in [0.1, 0.15) is 5.82 Å². The Hall–Kier alpha value is -3.08. The number of fused-ring (bicyclic) bond motifs is 1. The summed E-state index contributed by atoms with van der Waals surface area (Å²) in [5.41, 5.74) is 3.45. The van der Waals surface area contributed by atoms with E-state index in [-0.39, 0.29) is 27.6 Å². The minimum Gasteiger partial charge on any atom is -0.327 e. The number of rotatable bonds is 8. The smallest absolute Gasteiger partial charge is 0.175 e. The minimum atomic E-state index is -3.29. The Balaban J connectivity index is 1.27. The molecule has 3 aromatic carbocycles. The molecule has 7 nitrogen and oxygen atoms in total. The molecule has 1 aliphatic rings. The SMILES string of the molecule is CS(=O)(=O)c1ccc(C(CCN2CCC(n3cnc4cc(S(C)(=O)=O)ccc43)CC2)c2cccc(F)c2)cc1. The van der Waals surface area contributed by atoms with E-state index in [1.54, 1.807) is 42.7 Å². The lowest BCUT2D eigenvalue weighted by Gasteiger charge is -2.33. The second-order valence-corrected chi connectivity index (χ2v) is 14.4. The molecule has 1 unspecified atom stereocenters. The van der Waals surface area contributed by atoms with Crippen LogP contribution in [-0.4, -0.2) is 63.4 Å². The highest BCUT2D eigenvalue weighted by Crippen LogP contribution is 2.32. The highest BCUT2D eigenvalue weighted by molar-refractivity contribution is 7.91. The summed E-state index contributed by atoms with van der Waals surface area (Å²) in [4.78, 5) is 7.41. The number of likely N-dealkylation sites (tertiary alicyclic amines) is 1. The predicted molar refractivity (Wildman–Crippen MR) is 150 cm³/mol. The number of piperidine rings is 1. The molecular formula is C29H32FN3O4S2. The fourth-order valence-electron chi connectivity index (χ4n) is 5.46. The number of hydrogen-bond acceptors (Lipinski definition) is 6. The van der Waals surface area contributed by atoms with Crippen LogP contribution in [0.1, 0.15) is 42.3 Å². The highest BCUT2D eigenvalue weighted by Gasteiger charge is 2.24. The summed E-state index contributed by atoms with van der Waals surface area (Å²) in [6.07, 6.45) is 6.84. The van der Waals surface area contributed by atoms with Crippen LogP contribution in [0.3, 0.4) is 0 Å². The second kappa shape index (κ2) is 10.8. The fourth-order valence-corrected chi connectivity index (χ4v) is 6.73. The van der Waals surface area contributed by atoms with Crippen LogP contribution in [0.4, 0.5) is 4.39 Å². The first kappa shape index (κ1) is 27.5. The van der Waals surface area contributed by atoms with Crippen molar-refractivity contribution in [1.82, 2.24) is 14.5 Å². The molecule has 0 saturated carbocycles. The van der Waals surface area contributed by atoms with Crippen molar-refractivity contribution in [2.75, 3.05) is 32.1 Å². The van der Waals surface area contributed by atoms with E-state index in [1.807, 2.05) is 24.3 Å². The molecular weight excluding hydrogens is 537 g/mol. The zero-order chi connectivity index (χ0) is 27.8. The molecule has 1 aliphatic heterocycles. The zero-order valence-corrected chi connectivity index (χ0v) is 23.6. The van der Waals surface area contributed by atoms with Crippen molar-refractivity contribution in [2.24, 2.45) is 0 Å². The lowest BCUT2D eigenvalue weighted by molar-refractivity contribution is 0.184. The van der Waals surface area contributed by atoms with Gasteiger partial charge >= 0.3 is 0 Å². The van der Waals surface area contributed by atoms with Crippen molar-refractivity contribution in [1.29, 1.82) is 0 Å². The summed E-state index contributed by atoms with van der Waals surface area (Å²) in [6, 6.07) is 18.9. The van der Waals surface area contributed by atoms with Gasteiger partial charge in [-0.3, -0.25) is 0 Å². The number of aromatic nitrogens is 2. The molecule has 0 N–H and O–H groups in total. The molecule has 5 rings (SSSR count). The van der Waals surface area contributed by atoms with E-state index in [0.717, 1.165) is 55.5 Å². The summed E-state index contributed by atoms with van der Waals surface area (Å²) in [7, 11) is -6.58. The molecule has 1 atom stereocenters. The summed E-state index contributed by atoms with van der Waals surface area (Å²) in [5, 5.41) is 0.